The van der Waals surface area contributed by atoms with E-state index < -0.39 is 5.97 Å². The minimum absolute atomic E-state index is 0.178. The normalized spacial score (nSPS) is 11.0. The van der Waals surface area contributed by atoms with Gasteiger partial charge in [0.15, 0.2) is 11.6 Å². The number of anilines is 4. The van der Waals surface area contributed by atoms with Crippen LogP contribution in [0, 0.1) is 0 Å². The van der Waals surface area contributed by atoms with Crippen molar-refractivity contribution in [3.05, 3.63) is 36.2 Å². The van der Waals surface area contributed by atoms with Crippen LogP contribution in [0.5, 0.6) is 0 Å². The van der Waals surface area contributed by atoms with Gasteiger partial charge in [-0.25, -0.2) is 14.8 Å². The molecule has 2 aromatic rings. The van der Waals surface area contributed by atoms with Crippen molar-refractivity contribution >= 4 is 29.0 Å². The average Bonchev–Trinajstić information content (AvgIpc) is 2.42. The maximum absolute atomic E-state index is 10.8. The van der Waals surface area contributed by atoms with E-state index in [1.165, 1.54) is 18.5 Å². The van der Waals surface area contributed by atoms with Gasteiger partial charge in [-0.3, -0.25) is 0 Å². The highest BCUT2D eigenvalue weighted by molar-refractivity contribution is 5.88. The monoisotopic (exact) mass is 301 g/mol. The number of hydrogen-bond donors (Lipinski definition) is 4. The number of carboxylic acid groups (broad SMARTS) is 1. The van der Waals surface area contributed by atoms with Gasteiger partial charge in [0, 0.05) is 11.2 Å². The molecule has 0 unspecified atom stereocenters. The zero-order valence-corrected chi connectivity index (χ0v) is 12.7. The molecule has 0 bridgehead atoms. The van der Waals surface area contributed by atoms with Gasteiger partial charge in [0.1, 0.15) is 12.0 Å². The second-order valence-electron chi connectivity index (χ2n) is 5.87. The van der Waals surface area contributed by atoms with Gasteiger partial charge >= 0.3 is 5.97 Å². The summed E-state index contributed by atoms with van der Waals surface area (Å²) < 4.78 is 0. The fraction of sp³-hybridized carbons (Fsp3) is 0.267. The van der Waals surface area contributed by atoms with Gasteiger partial charge in [-0.05, 0) is 45.0 Å². The van der Waals surface area contributed by atoms with E-state index in [9.17, 15) is 4.79 Å². The SMILES string of the molecule is CC(C)(C)Nc1ncnc(Nc2ccc(C(=O)O)cc2)c1N. The topological polar surface area (TPSA) is 113 Å². The minimum atomic E-state index is -0.968. The smallest absolute Gasteiger partial charge is 0.335 e. The molecule has 1 aromatic heterocycles. The van der Waals surface area contributed by atoms with Crippen LogP contribution in [0.1, 0.15) is 31.1 Å². The zero-order chi connectivity index (χ0) is 16.3. The summed E-state index contributed by atoms with van der Waals surface area (Å²) in [6.45, 7) is 6.02. The van der Waals surface area contributed by atoms with Crippen LogP contribution in [-0.4, -0.2) is 26.6 Å². The van der Waals surface area contributed by atoms with E-state index >= 15 is 0 Å². The van der Waals surface area contributed by atoms with Crippen molar-refractivity contribution in [2.75, 3.05) is 16.4 Å². The number of benzene rings is 1. The van der Waals surface area contributed by atoms with Gasteiger partial charge in [-0.2, -0.15) is 0 Å². The summed E-state index contributed by atoms with van der Waals surface area (Å²) >= 11 is 0. The summed E-state index contributed by atoms with van der Waals surface area (Å²) in [6, 6.07) is 6.33. The standard InChI is InChI=1S/C15H19N5O2/c1-15(2,3)20-13-11(16)12(17-8-18-13)19-10-6-4-9(5-7-10)14(21)22/h4-8H,16H2,1-3H3,(H,21,22)(H2,17,18,19,20). The van der Waals surface area contributed by atoms with E-state index in [4.69, 9.17) is 10.8 Å². The molecule has 0 atom stereocenters. The maximum atomic E-state index is 10.8. The zero-order valence-electron chi connectivity index (χ0n) is 12.7. The van der Waals surface area contributed by atoms with Crippen molar-refractivity contribution in [2.45, 2.75) is 26.3 Å². The molecule has 1 heterocycles. The number of nitrogens with one attached hydrogen (secondary N) is 2. The Morgan fingerprint density at radius 1 is 1.14 bits per heavy atom. The Bertz CT molecular complexity index is 677. The number of nitrogens with two attached hydrogens (primary N) is 1. The molecule has 2 rings (SSSR count). The molecular weight excluding hydrogens is 282 g/mol. The van der Waals surface area contributed by atoms with Crippen molar-refractivity contribution in [1.82, 2.24) is 9.97 Å². The van der Waals surface area contributed by atoms with E-state index in [0.717, 1.165) is 0 Å². The number of rotatable bonds is 4. The van der Waals surface area contributed by atoms with Gasteiger partial charge in [-0.1, -0.05) is 0 Å². The van der Waals surface area contributed by atoms with Crippen LogP contribution in [-0.2, 0) is 0 Å². The Morgan fingerprint density at radius 2 is 1.73 bits per heavy atom. The molecule has 0 spiro atoms. The summed E-state index contributed by atoms with van der Waals surface area (Å²) in [4.78, 5) is 19.1. The average molecular weight is 301 g/mol. The van der Waals surface area contributed by atoms with Crippen LogP contribution >= 0.6 is 0 Å². The van der Waals surface area contributed by atoms with E-state index in [0.29, 0.717) is 23.0 Å². The molecule has 0 radical (unpaired) electrons. The Balaban J connectivity index is 2.22. The fourth-order valence-corrected chi connectivity index (χ4v) is 1.78. The number of carbonyl (C=O) groups is 1. The predicted molar refractivity (Wildman–Crippen MR) is 86.5 cm³/mol. The second kappa shape index (κ2) is 5.88. The lowest BCUT2D eigenvalue weighted by atomic mass is 10.1. The molecule has 0 aliphatic carbocycles. The Labute approximate surface area is 128 Å². The van der Waals surface area contributed by atoms with E-state index in [1.54, 1.807) is 12.1 Å². The van der Waals surface area contributed by atoms with Crippen LogP contribution in [0.3, 0.4) is 0 Å². The first-order valence-electron chi connectivity index (χ1n) is 6.75. The third-order valence-electron chi connectivity index (χ3n) is 2.77. The van der Waals surface area contributed by atoms with Crippen molar-refractivity contribution < 1.29 is 9.90 Å². The van der Waals surface area contributed by atoms with E-state index in [2.05, 4.69) is 20.6 Å². The van der Waals surface area contributed by atoms with Crippen LogP contribution in [0.25, 0.3) is 0 Å². The van der Waals surface area contributed by atoms with Gasteiger partial charge in [0.25, 0.3) is 0 Å². The molecule has 7 nitrogen and oxygen atoms in total. The number of nitrogen functional groups attached to an aromatic ring is 1. The number of aromatic nitrogens is 2. The minimum Gasteiger partial charge on any atom is -0.478 e. The first-order valence-corrected chi connectivity index (χ1v) is 6.75. The van der Waals surface area contributed by atoms with Crippen LogP contribution < -0.4 is 16.4 Å². The van der Waals surface area contributed by atoms with Crippen molar-refractivity contribution in [3.63, 3.8) is 0 Å². The van der Waals surface area contributed by atoms with Gasteiger partial charge in [-0.15, -0.1) is 0 Å². The summed E-state index contributed by atoms with van der Waals surface area (Å²) in [6.07, 6.45) is 1.42. The number of hydrogen-bond acceptors (Lipinski definition) is 6. The predicted octanol–water partition coefficient (Wildman–Crippen LogP) is 2.71. The molecule has 0 amide bonds. The summed E-state index contributed by atoms with van der Waals surface area (Å²) in [5.74, 6) is 0.0433. The molecule has 7 heteroatoms. The molecule has 0 saturated heterocycles. The number of aromatic carboxylic acids is 1. The van der Waals surface area contributed by atoms with Gasteiger partial charge < -0.3 is 21.5 Å². The molecule has 5 N–H and O–H groups in total. The number of nitrogens with zero attached hydrogens (tertiary/aromatic N) is 2. The summed E-state index contributed by atoms with van der Waals surface area (Å²) in [7, 11) is 0. The summed E-state index contributed by atoms with van der Waals surface area (Å²) in [5, 5.41) is 15.1. The Kier molecular flexibility index (Phi) is 4.16. The molecule has 1 aromatic carbocycles. The second-order valence-corrected chi connectivity index (χ2v) is 5.87. The van der Waals surface area contributed by atoms with Crippen molar-refractivity contribution in [1.29, 1.82) is 0 Å². The van der Waals surface area contributed by atoms with Gasteiger partial charge in [0.05, 0.1) is 5.56 Å². The van der Waals surface area contributed by atoms with E-state index in [1.807, 2.05) is 20.8 Å². The van der Waals surface area contributed by atoms with Crippen LogP contribution in [0.15, 0.2) is 30.6 Å². The van der Waals surface area contributed by atoms with Crippen molar-refractivity contribution in [3.8, 4) is 0 Å². The highest BCUT2D eigenvalue weighted by atomic mass is 16.4. The maximum Gasteiger partial charge on any atom is 0.335 e. The first-order chi connectivity index (χ1) is 10.3. The van der Waals surface area contributed by atoms with Gasteiger partial charge in [0.2, 0.25) is 0 Å². The highest BCUT2D eigenvalue weighted by Gasteiger charge is 2.15. The lowest BCUT2D eigenvalue weighted by Crippen LogP contribution is -2.27. The Hall–Kier alpha value is -2.83. The molecule has 0 aliphatic rings. The fourth-order valence-electron chi connectivity index (χ4n) is 1.78. The first kappa shape index (κ1) is 15.6. The van der Waals surface area contributed by atoms with Crippen molar-refractivity contribution in [2.24, 2.45) is 0 Å². The lowest BCUT2D eigenvalue weighted by Gasteiger charge is -2.22. The third kappa shape index (κ3) is 3.85. The quantitative estimate of drug-likeness (QED) is 0.686. The molecular formula is C15H19N5O2. The molecule has 0 fully saturated rings. The Morgan fingerprint density at radius 3 is 2.27 bits per heavy atom. The highest BCUT2D eigenvalue weighted by Crippen LogP contribution is 2.27. The summed E-state index contributed by atoms with van der Waals surface area (Å²) in [5.41, 5.74) is 7.21. The lowest BCUT2D eigenvalue weighted by molar-refractivity contribution is 0.0697. The molecule has 116 valence electrons. The molecule has 0 aliphatic heterocycles. The molecule has 0 saturated carbocycles. The van der Waals surface area contributed by atoms with Crippen LogP contribution in [0.2, 0.25) is 0 Å². The van der Waals surface area contributed by atoms with Crippen LogP contribution in [0.4, 0.5) is 23.0 Å². The largest absolute Gasteiger partial charge is 0.478 e. The van der Waals surface area contributed by atoms with E-state index in [-0.39, 0.29) is 11.1 Å². The number of carboxylic acids is 1. The molecule has 22 heavy (non-hydrogen) atoms. The third-order valence-corrected chi connectivity index (χ3v) is 2.77.